The summed E-state index contributed by atoms with van der Waals surface area (Å²) in [7, 11) is 3.72. The van der Waals surface area contributed by atoms with Gasteiger partial charge >= 0.3 is 0 Å². The van der Waals surface area contributed by atoms with Gasteiger partial charge in [-0.2, -0.15) is 5.26 Å². The first kappa shape index (κ1) is 28.9. The molecule has 0 bridgehead atoms. The van der Waals surface area contributed by atoms with E-state index in [1.54, 1.807) is 23.5 Å². The van der Waals surface area contributed by atoms with Crippen molar-refractivity contribution in [3.05, 3.63) is 61.8 Å². The van der Waals surface area contributed by atoms with Crippen molar-refractivity contribution in [1.29, 1.82) is 5.26 Å². The van der Waals surface area contributed by atoms with Crippen molar-refractivity contribution in [3.8, 4) is 11.8 Å². The van der Waals surface area contributed by atoms with E-state index in [1.165, 1.54) is 11.8 Å². The zero-order valence-corrected chi connectivity index (χ0v) is 24.7. The summed E-state index contributed by atoms with van der Waals surface area (Å²) in [6.45, 7) is 8.14. The average molecular weight is 566 g/mol. The lowest BCUT2D eigenvalue weighted by atomic mass is 10.0. The number of hydrogen-bond donors (Lipinski definition) is 0. The lowest BCUT2D eigenvalue weighted by Crippen LogP contribution is -2.47. The normalized spacial score (nSPS) is 17.3. The summed E-state index contributed by atoms with van der Waals surface area (Å²) < 4.78 is 7.49. The van der Waals surface area contributed by atoms with E-state index in [9.17, 15) is 14.9 Å². The molecule has 2 fully saturated rings. The Morgan fingerprint density at radius 1 is 1.13 bits per heavy atom. The van der Waals surface area contributed by atoms with Crippen LogP contribution in [0.2, 0.25) is 0 Å². The minimum atomic E-state index is -0.262. The highest BCUT2D eigenvalue weighted by molar-refractivity contribution is 8.26. The Balaban J connectivity index is 1.71. The molecule has 4 rings (SSSR count). The van der Waals surface area contributed by atoms with Crippen molar-refractivity contribution in [2.24, 2.45) is 0 Å². The predicted molar refractivity (Wildman–Crippen MR) is 161 cm³/mol. The fourth-order valence-corrected chi connectivity index (χ4v) is 6.17. The van der Waals surface area contributed by atoms with Crippen molar-refractivity contribution in [3.63, 3.8) is 0 Å². The van der Waals surface area contributed by atoms with Gasteiger partial charge in [0.2, 0.25) is 0 Å². The van der Waals surface area contributed by atoms with Crippen molar-refractivity contribution in [2.75, 3.05) is 51.8 Å². The fourth-order valence-electron chi connectivity index (χ4n) is 4.88. The van der Waals surface area contributed by atoms with E-state index >= 15 is 0 Å². The third-order valence-corrected chi connectivity index (χ3v) is 8.69. The number of amides is 1. The summed E-state index contributed by atoms with van der Waals surface area (Å²) in [5.41, 5.74) is 2.31. The van der Waals surface area contributed by atoms with E-state index in [2.05, 4.69) is 29.8 Å². The third kappa shape index (κ3) is 6.21. The second-order valence-electron chi connectivity index (χ2n) is 9.88. The summed E-state index contributed by atoms with van der Waals surface area (Å²) in [6.07, 6.45) is 4.25. The summed E-state index contributed by atoms with van der Waals surface area (Å²) in [5.74, 6) is 1.43. The van der Waals surface area contributed by atoms with Crippen molar-refractivity contribution in [1.82, 2.24) is 14.4 Å². The lowest BCUT2D eigenvalue weighted by Gasteiger charge is -2.36. The number of thiocarbonyl (C=S) groups is 1. The standard InChI is InChI=1S/C29H35N5O3S2/c1-5-6-12-33-26(32-16-14-31(3)15-17-32)23(20(2)24(19-30)27(33)35)18-25-28(36)34(29(38)39-25)13-11-21-7-9-22(37-4)10-8-21/h7-10,18H,5-6,11-17H2,1-4H3. The highest BCUT2D eigenvalue weighted by Crippen LogP contribution is 2.36. The van der Waals surface area contributed by atoms with Gasteiger partial charge in [-0.05, 0) is 56.1 Å². The van der Waals surface area contributed by atoms with E-state index < -0.39 is 0 Å². The van der Waals surface area contributed by atoms with Crippen LogP contribution in [0.4, 0.5) is 5.82 Å². The Kier molecular flexibility index (Phi) is 9.49. The molecule has 2 saturated heterocycles. The molecular formula is C29H35N5O3S2. The topological polar surface area (TPSA) is 81.8 Å². The number of thioether (sulfide) groups is 1. The highest BCUT2D eigenvalue weighted by Gasteiger charge is 2.33. The minimum absolute atomic E-state index is 0.130. The van der Waals surface area contributed by atoms with E-state index in [0.717, 1.165) is 61.7 Å². The van der Waals surface area contributed by atoms with Gasteiger partial charge in [-0.3, -0.25) is 19.1 Å². The number of pyridine rings is 1. The van der Waals surface area contributed by atoms with Gasteiger partial charge in [-0.15, -0.1) is 0 Å². The molecule has 206 valence electrons. The number of hydrogen-bond acceptors (Lipinski definition) is 8. The Labute approximate surface area is 239 Å². The minimum Gasteiger partial charge on any atom is -0.497 e. The average Bonchev–Trinajstić information content (AvgIpc) is 3.21. The predicted octanol–water partition coefficient (Wildman–Crippen LogP) is 4.03. The quantitative estimate of drug-likeness (QED) is 0.333. The van der Waals surface area contributed by atoms with Crippen molar-refractivity contribution >= 4 is 46.1 Å². The Morgan fingerprint density at radius 2 is 1.82 bits per heavy atom. The van der Waals surface area contributed by atoms with Crippen molar-refractivity contribution in [2.45, 2.75) is 39.7 Å². The Morgan fingerprint density at radius 3 is 2.44 bits per heavy atom. The van der Waals surface area contributed by atoms with E-state index in [0.29, 0.717) is 34.3 Å². The van der Waals surface area contributed by atoms with Gasteiger partial charge in [0, 0.05) is 44.8 Å². The number of benzene rings is 1. The zero-order valence-electron chi connectivity index (χ0n) is 23.0. The molecule has 1 aromatic heterocycles. The van der Waals surface area contributed by atoms with Crippen LogP contribution in [0.3, 0.4) is 0 Å². The molecule has 2 aliphatic heterocycles. The number of nitrogens with zero attached hydrogens (tertiary/aromatic N) is 5. The molecule has 2 aromatic rings. The number of piperazine rings is 1. The molecule has 1 aromatic carbocycles. The first-order valence-corrected chi connectivity index (χ1v) is 14.5. The monoisotopic (exact) mass is 565 g/mol. The van der Waals surface area contributed by atoms with Gasteiger partial charge in [0.15, 0.2) is 0 Å². The zero-order chi connectivity index (χ0) is 28.1. The smallest absolute Gasteiger partial charge is 0.270 e. The van der Waals surface area contributed by atoms with Crippen LogP contribution in [-0.2, 0) is 17.8 Å². The molecule has 8 nitrogen and oxygen atoms in total. The van der Waals surface area contributed by atoms with Crippen LogP contribution >= 0.6 is 24.0 Å². The highest BCUT2D eigenvalue weighted by atomic mass is 32.2. The Hall–Kier alpha value is -3.13. The fraction of sp³-hybridized carbons (Fsp3) is 0.448. The molecule has 1 amide bonds. The second kappa shape index (κ2) is 12.8. The number of carbonyl (C=O) groups excluding carboxylic acids is 1. The number of nitriles is 1. The van der Waals surface area contributed by atoms with Crippen LogP contribution in [0.5, 0.6) is 5.75 Å². The maximum absolute atomic E-state index is 13.5. The first-order chi connectivity index (χ1) is 18.8. The molecule has 2 aliphatic rings. The number of unbranched alkanes of at least 4 members (excludes halogenated alkanes) is 1. The van der Waals surface area contributed by atoms with E-state index in [-0.39, 0.29) is 17.0 Å². The lowest BCUT2D eigenvalue weighted by molar-refractivity contribution is -0.122. The van der Waals surface area contributed by atoms with E-state index in [1.807, 2.05) is 30.3 Å². The molecule has 0 atom stereocenters. The molecule has 0 aliphatic carbocycles. The van der Waals surface area contributed by atoms with Crippen LogP contribution in [0.25, 0.3) is 6.08 Å². The molecule has 0 radical (unpaired) electrons. The molecular weight excluding hydrogens is 530 g/mol. The summed E-state index contributed by atoms with van der Waals surface area (Å²) >= 11 is 6.88. The van der Waals surface area contributed by atoms with E-state index in [4.69, 9.17) is 17.0 Å². The number of likely N-dealkylation sites (N-methyl/N-ethyl adjacent to an activating group) is 1. The van der Waals surface area contributed by atoms with Gasteiger partial charge < -0.3 is 14.5 Å². The number of rotatable bonds is 9. The van der Waals surface area contributed by atoms with Crippen LogP contribution in [0, 0.1) is 18.3 Å². The Bertz CT molecular complexity index is 1370. The third-order valence-electron chi connectivity index (χ3n) is 7.32. The molecule has 10 heteroatoms. The molecule has 0 unspecified atom stereocenters. The molecule has 0 spiro atoms. The maximum Gasteiger partial charge on any atom is 0.270 e. The number of anilines is 1. The van der Waals surface area contributed by atoms with Gasteiger partial charge in [0.05, 0.1) is 12.0 Å². The number of methoxy groups -OCH3 is 1. The largest absolute Gasteiger partial charge is 0.497 e. The van der Waals surface area contributed by atoms with Gasteiger partial charge in [-0.25, -0.2) is 0 Å². The second-order valence-corrected chi connectivity index (χ2v) is 11.6. The van der Waals surface area contributed by atoms with Gasteiger partial charge in [0.1, 0.15) is 27.5 Å². The van der Waals surface area contributed by atoms with Crippen LogP contribution in [0.1, 0.15) is 42.0 Å². The summed E-state index contributed by atoms with van der Waals surface area (Å²) in [5, 5.41) is 9.90. The molecule has 0 N–H and O–H groups in total. The summed E-state index contributed by atoms with van der Waals surface area (Å²) in [6, 6.07) is 9.92. The van der Waals surface area contributed by atoms with Gasteiger partial charge in [-0.1, -0.05) is 49.5 Å². The first-order valence-electron chi connectivity index (χ1n) is 13.3. The SMILES string of the molecule is CCCCn1c(N2CCN(C)CC2)c(C=C2SC(=S)N(CCc3ccc(OC)cc3)C2=O)c(C)c(C#N)c1=O. The number of carbonyl (C=O) groups is 1. The van der Waals surface area contributed by atoms with Crippen LogP contribution in [-0.4, -0.2) is 71.5 Å². The number of ether oxygens (including phenoxy) is 1. The molecule has 39 heavy (non-hydrogen) atoms. The van der Waals surface area contributed by atoms with Gasteiger partial charge in [0.25, 0.3) is 11.5 Å². The van der Waals surface area contributed by atoms with Crippen LogP contribution in [0.15, 0.2) is 34.0 Å². The summed E-state index contributed by atoms with van der Waals surface area (Å²) in [4.78, 5) is 33.6. The van der Waals surface area contributed by atoms with Crippen LogP contribution < -0.4 is 15.2 Å². The maximum atomic E-state index is 13.5. The number of aromatic nitrogens is 1. The molecule has 0 saturated carbocycles. The molecule has 3 heterocycles. The van der Waals surface area contributed by atoms with Crippen molar-refractivity contribution < 1.29 is 9.53 Å².